The van der Waals surface area contributed by atoms with Crippen molar-refractivity contribution in [2.45, 2.75) is 0 Å². The Morgan fingerprint density at radius 3 is 1.00 bits per heavy atom. The molecular formula is C18H14MnO8. The van der Waals surface area contributed by atoms with Crippen molar-refractivity contribution in [3.05, 3.63) is 70.8 Å². The van der Waals surface area contributed by atoms with E-state index in [2.05, 4.69) is 9.47 Å². The normalized spacial score (nSPS) is 8.96. The fraction of sp³-hybridized carbons (Fsp3) is 0.111. The molecule has 0 saturated carbocycles. The first kappa shape index (κ1) is 23.8. The van der Waals surface area contributed by atoms with Crippen LogP contribution in [0.25, 0.3) is 0 Å². The average Bonchev–Trinajstić information content (AvgIpc) is 2.67. The quantitative estimate of drug-likeness (QED) is 0.492. The fourth-order valence-corrected chi connectivity index (χ4v) is 1.72. The Hall–Kier alpha value is -3.16. The Morgan fingerprint density at radius 1 is 0.593 bits per heavy atom. The SMILES string of the molecule is COC(=O)c1ccc(C(=O)[O-])cc1.COC(=O)c1ccc(C(=O)[O-])cc1.[Mn+2]. The zero-order chi connectivity index (χ0) is 19.7. The van der Waals surface area contributed by atoms with Crippen molar-refractivity contribution in [3.8, 4) is 0 Å². The van der Waals surface area contributed by atoms with Gasteiger partial charge in [-0.3, -0.25) is 0 Å². The fourth-order valence-electron chi connectivity index (χ4n) is 1.72. The molecule has 0 fully saturated rings. The Kier molecular flexibility index (Phi) is 10.1. The van der Waals surface area contributed by atoms with E-state index < -0.39 is 23.9 Å². The summed E-state index contributed by atoms with van der Waals surface area (Å²) in [5.41, 5.74) is 0.695. The summed E-state index contributed by atoms with van der Waals surface area (Å²) in [5, 5.41) is 20.6. The smallest absolute Gasteiger partial charge is 0.545 e. The summed E-state index contributed by atoms with van der Waals surface area (Å²) in [7, 11) is 2.52. The third-order valence-electron chi connectivity index (χ3n) is 3.08. The number of carbonyl (C=O) groups excluding carboxylic acids is 4. The molecule has 0 amide bonds. The molecule has 1 radical (unpaired) electrons. The summed E-state index contributed by atoms with van der Waals surface area (Å²) in [6.45, 7) is 0. The van der Waals surface area contributed by atoms with Crippen LogP contribution in [0.3, 0.4) is 0 Å². The van der Waals surface area contributed by atoms with Crippen LogP contribution in [0, 0.1) is 0 Å². The largest absolute Gasteiger partial charge is 2.00 e. The summed E-state index contributed by atoms with van der Waals surface area (Å²) >= 11 is 0. The van der Waals surface area contributed by atoms with E-state index >= 15 is 0 Å². The summed E-state index contributed by atoms with van der Waals surface area (Å²) in [6.07, 6.45) is 0. The van der Waals surface area contributed by atoms with Gasteiger partial charge in [0.15, 0.2) is 0 Å². The van der Waals surface area contributed by atoms with E-state index in [1.165, 1.54) is 62.8 Å². The van der Waals surface area contributed by atoms with E-state index in [1.807, 2.05) is 0 Å². The van der Waals surface area contributed by atoms with Gasteiger partial charge in [-0.25, -0.2) is 9.59 Å². The second-order valence-corrected chi connectivity index (χ2v) is 4.71. The van der Waals surface area contributed by atoms with Crippen LogP contribution in [0.2, 0.25) is 0 Å². The Bertz CT molecular complexity index is 728. The van der Waals surface area contributed by atoms with E-state index in [4.69, 9.17) is 0 Å². The number of carboxylic acid groups (broad SMARTS) is 2. The molecule has 0 heterocycles. The minimum Gasteiger partial charge on any atom is -0.545 e. The van der Waals surface area contributed by atoms with E-state index in [9.17, 15) is 29.4 Å². The molecule has 8 nitrogen and oxygen atoms in total. The van der Waals surface area contributed by atoms with Crippen molar-refractivity contribution < 1.29 is 55.9 Å². The van der Waals surface area contributed by atoms with Crippen molar-refractivity contribution >= 4 is 23.9 Å². The average molecular weight is 413 g/mol. The van der Waals surface area contributed by atoms with Crippen molar-refractivity contribution in [1.82, 2.24) is 0 Å². The second-order valence-electron chi connectivity index (χ2n) is 4.71. The number of ether oxygens (including phenoxy) is 2. The first-order chi connectivity index (χ1) is 12.3. The van der Waals surface area contributed by atoms with Crippen LogP contribution < -0.4 is 10.2 Å². The van der Waals surface area contributed by atoms with Crippen LogP contribution in [0.5, 0.6) is 0 Å². The molecule has 0 aliphatic rings. The molecule has 0 atom stereocenters. The Balaban J connectivity index is 0.000000483. The molecule has 0 aliphatic heterocycles. The first-order valence-electron chi connectivity index (χ1n) is 7.09. The Labute approximate surface area is 165 Å². The molecule has 141 valence electrons. The van der Waals surface area contributed by atoms with Crippen LogP contribution in [0.15, 0.2) is 48.5 Å². The summed E-state index contributed by atoms with van der Waals surface area (Å²) < 4.78 is 8.87. The maximum Gasteiger partial charge on any atom is 2.00 e. The summed E-state index contributed by atoms with van der Waals surface area (Å²) in [6, 6.07) is 10.7. The van der Waals surface area contributed by atoms with Gasteiger partial charge in [-0.05, 0) is 35.4 Å². The first-order valence-corrected chi connectivity index (χ1v) is 7.09. The van der Waals surface area contributed by atoms with Crippen molar-refractivity contribution in [3.63, 3.8) is 0 Å². The van der Waals surface area contributed by atoms with Crippen LogP contribution in [-0.2, 0) is 26.5 Å². The predicted octanol–water partition coefficient (Wildman–Crippen LogP) is -0.329. The molecule has 2 aromatic rings. The molecule has 0 unspecified atom stereocenters. The number of aromatic carboxylic acids is 2. The number of methoxy groups -OCH3 is 2. The monoisotopic (exact) mass is 413 g/mol. The van der Waals surface area contributed by atoms with Gasteiger partial charge in [-0.1, -0.05) is 24.3 Å². The van der Waals surface area contributed by atoms with E-state index in [0.29, 0.717) is 11.1 Å². The third kappa shape index (κ3) is 7.31. The van der Waals surface area contributed by atoms with Gasteiger partial charge in [0.1, 0.15) is 0 Å². The van der Waals surface area contributed by atoms with E-state index in [-0.39, 0.29) is 28.2 Å². The standard InChI is InChI=1S/2C9H8O4.Mn/c2*1-13-9(12)7-4-2-6(3-5-7)8(10)11;/h2*2-5H,1H3,(H,10,11);/q;;+2/p-2. The van der Waals surface area contributed by atoms with Crippen LogP contribution >= 0.6 is 0 Å². The van der Waals surface area contributed by atoms with Gasteiger partial charge in [0.05, 0.1) is 37.3 Å². The summed E-state index contributed by atoms with van der Waals surface area (Å²) in [5.74, 6) is -3.53. The van der Waals surface area contributed by atoms with E-state index in [0.717, 1.165) is 0 Å². The maximum absolute atomic E-state index is 10.9. The van der Waals surface area contributed by atoms with Gasteiger partial charge < -0.3 is 29.3 Å². The molecule has 0 saturated heterocycles. The molecule has 9 heteroatoms. The van der Waals surface area contributed by atoms with Crippen molar-refractivity contribution in [2.24, 2.45) is 0 Å². The topological polar surface area (TPSA) is 133 Å². The minimum atomic E-state index is -1.27. The second kappa shape index (κ2) is 11.5. The number of carboxylic acids is 2. The molecular weight excluding hydrogens is 399 g/mol. The number of carbonyl (C=O) groups is 4. The van der Waals surface area contributed by atoms with Crippen LogP contribution in [0.1, 0.15) is 41.4 Å². The number of rotatable bonds is 4. The van der Waals surface area contributed by atoms with Crippen LogP contribution in [-0.4, -0.2) is 38.1 Å². The van der Waals surface area contributed by atoms with Gasteiger partial charge in [-0.2, -0.15) is 0 Å². The Morgan fingerprint density at radius 2 is 0.815 bits per heavy atom. The zero-order valence-corrected chi connectivity index (χ0v) is 15.4. The van der Waals surface area contributed by atoms with Crippen LogP contribution in [0.4, 0.5) is 0 Å². The van der Waals surface area contributed by atoms with Gasteiger partial charge in [0, 0.05) is 0 Å². The number of benzene rings is 2. The molecule has 0 bridgehead atoms. The predicted molar refractivity (Wildman–Crippen MR) is 84.2 cm³/mol. The number of hydrogen-bond donors (Lipinski definition) is 0. The molecule has 2 aromatic carbocycles. The molecule has 0 aromatic heterocycles. The van der Waals surface area contributed by atoms with Crippen molar-refractivity contribution in [2.75, 3.05) is 14.2 Å². The maximum atomic E-state index is 10.9. The van der Waals surface area contributed by atoms with Crippen molar-refractivity contribution in [1.29, 1.82) is 0 Å². The molecule has 0 N–H and O–H groups in total. The third-order valence-corrected chi connectivity index (χ3v) is 3.08. The van der Waals surface area contributed by atoms with Gasteiger partial charge in [-0.15, -0.1) is 0 Å². The van der Waals surface area contributed by atoms with Gasteiger partial charge in [0.25, 0.3) is 0 Å². The minimum absolute atomic E-state index is 0. The number of hydrogen-bond acceptors (Lipinski definition) is 8. The zero-order valence-electron chi connectivity index (χ0n) is 14.3. The van der Waals surface area contributed by atoms with Gasteiger partial charge in [0.2, 0.25) is 0 Å². The van der Waals surface area contributed by atoms with Gasteiger partial charge >= 0.3 is 29.0 Å². The number of esters is 2. The van der Waals surface area contributed by atoms with E-state index in [1.54, 1.807) is 0 Å². The molecule has 27 heavy (non-hydrogen) atoms. The molecule has 0 aliphatic carbocycles. The summed E-state index contributed by atoms with van der Waals surface area (Å²) in [4.78, 5) is 42.5. The molecule has 0 spiro atoms. The molecule has 2 rings (SSSR count).